The van der Waals surface area contributed by atoms with Crippen LogP contribution in [0.15, 0.2) is 48.5 Å². The number of aromatic amines is 2. The second-order valence-electron chi connectivity index (χ2n) is 6.88. The number of rotatable bonds is 7. The lowest BCUT2D eigenvalue weighted by atomic mass is 10.3. The maximum atomic E-state index is 4.65. The first-order chi connectivity index (χ1) is 12.7. The third kappa shape index (κ3) is 3.76. The van der Waals surface area contributed by atoms with E-state index in [1.807, 2.05) is 36.4 Å². The maximum absolute atomic E-state index is 4.65. The summed E-state index contributed by atoms with van der Waals surface area (Å²) < 4.78 is 0. The minimum atomic E-state index is 0.813. The Labute approximate surface area is 152 Å². The van der Waals surface area contributed by atoms with E-state index in [1.165, 1.54) is 0 Å². The van der Waals surface area contributed by atoms with Gasteiger partial charge in [-0.2, -0.15) is 0 Å². The minimum absolute atomic E-state index is 0.813. The highest BCUT2D eigenvalue weighted by molar-refractivity contribution is 5.75. The molecule has 4 aromatic rings. The summed E-state index contributed by atoms with van der Waals surface area (Å²) in [6.07, 6.45) is 0. The minimum Gasteiger partial charge on any atom is -0.341 e. The molecule has 2 aromatic heterocycles. The van der Waals surface area contributed by atoms with Crippen LogP contribution in [0.3, 0.4) is 0 Å². The van der Waals surface area contributed by atoms with Gasteiger partial charge in [0, 0.05) is 13.1 Å². The van der Waals surface area contributed by atoms with Gasteiger partial charge in [0.1, 0.15) is 11.6 Å². The number of hydrogen-bond acceptors (Lipinski definition) is 4. The number of nitrogens with zero attached hydrogens (tertiary/aromatic N) is 4. The molecule has 0 radical (unpaired) electrons. The zero-order valence-electron chi connectivity index (χ0n) is 15.2. The van der Waals surface area contributed by atoms with Crippen LogP contribution < -0.4 is 0 Å². The maximum Gasteiger partial charge on any atom is 0.121 e. The van der Waals surface area contributed by atoms with Crippen molar-refractivity contribution in [3.05, 3.63) is 60.2 Å². The third-order valence-electron chi connectivity index (χ3n) is 4.58. The molecule has 0 saturated heterocycles. The van der Waals surface area contributed by atoms with Crippen LogP contribution in [0.25, 0.3) is 22.1 Å². The first-order valence-electron chi connectivity index (χ1n) is 8.92. The summed E-state index contributed by atoms with van der Waals surface area (Å²) in [5.74, 6) is 2.02. The molecular formula is C20H24N6. The fourth-order valence-corrected chi connectivity index (χ4v) is 3.17. The fraction of sp³-hybridized carbons (Fsp3) is 0.300. The van der Waals surface area contributed by atoms with Crippen LogP contribution in [0.1, 0.15) is 11.6 Å². The highest BCUT2D eigenvalue weighted by Crippen LogP contribution is 2.12. The molecule has 134 valence electrons. The van der Waals surface area contributed by atoms with Gasteiger partial charge < -0.3 is 9.97 Å². The molecule has 0 amide bonds. The Balaban J connectivity index is 1.29. The Hall–Kier alpha value is -2.70. The zero-order valence-corrected chi connectivity index (χ0v) is 15.2. The van der Waals surface area contributed by atoms with Gasteiger partial charge >= 0.3 is 0 Å². The predicted molar refractivity (Wildman–Crippen MR) is 105 cm³/mol. The molecule has 0 fully saturated rings. The molecule has 2 heterocycles. The van der Waals surface area contributed by atoms with Gasteiger partial charge in [0.05, 0.1) is 35.2 Å². The van der Waals surface area contributed by atoms with E-state index in [0.29, 0.717) is 0 Å². The summed E-state index contributed by atoms with van der Waals surface area (Å²) in [6, 6.07) is 16.3. The van der Waals surface area contributed by atoms with Gasteiger partial charge in [-0.25, -0.2) is 9.97 Å². The number of benzene rings is 2. The van der Waals surface area contributed by atoms with Crippen molar-refractivity contribution in [1.29, 1.82) is 0 Å². The lowest BCUT2D eigenvalue weighted by Gasteiger charge is -2.20. The second kappa shape index (κ2) is 7.27. The molecule has 2 N–H and O–H groups in total. The summed E-state index contributed by atoms with van der Waals surface area (Å²) in [7, 11) is 4.25. The first-order valence-corrected chi connectivity index (χ1v) is 8.92. The van der Waals surface area contributed by atoms with E-state index in [-0.39, 0.29) is 0 Å². The number of fused-ring (bicyclic) bond motifs is 2. The Morgan fingerprint density at radius 3 is 1.54 bits per heavy atom. The van der Waals surface area contributed by atoms with Crippen molar-refractivity contribution < 1.29 is 0 Å². The number of imidazole rings is 2. The van der Waals surface area contributed by atoms with Crippen molar-refractivity contribution in [2.24, 2.45) is 0 Å². The quantitative estimate of drug-likeness (QED) is 0.539. The van der Waals surface area contributed by atoms with Crippen LogP contribution in [-0.4, -0.2) is 56.9 Å². The average Bonchev–Trinajstić information content (AvgIpc) is 3.22. The molecule has 0 atom stereocenters. The lowest BCUT2D eigenvalue weighted by molar-refractivity contribution is 0.241. The monoisotopic (exact) mass is 348 g/mol. The second-order valence-corrected chi connectivity index (χ2v) is 6.88. The number of hydrogen-bond donors (Lipinski definition) is 2. The van der Waals surface area contributed by atoms with E-state index in [9.17, 15) is 0 Å². The van der Waals surface area contributed by atoms with Crippen molar-refractivity contribution in [3.8, 4) is 0 Å². The number of aromatic nitrogens is 4. The van der Waals surface area contributed by atoms with Crippen molar-refractivity contribution in [3.63, 3.8) is 0 Å². The Morgan fingerprint density at radius 2 is 1.12 bits per heavy atom. The summed E-state index contributed by atoms with van der Waals surface area (Å²) >= 11 is 0. The Morgan fingerprint density at radius 1 is 0.692 bits per heavy atom. The van der Waals surface area contributed by atoms with Gasteiger partial charge in [0.25, 0.3) is 0 Å². The van der Waals surface area contributed by atoms with Gasteiger partial charge in [-0.3, -0.25) is 9.80 Å². The topological polar surface area (TPSA) is 63.8 Å². The summed E-state index contributed by atoms with van der Waals surface area (Å²) in [6.45, 7) is 3.56. The van der Waals surface area contributed by atoms with Gasteiger partial charge in [-0.05, 0) is 38.4 Å². The molecular weight excluding hydrogens is 324 g/mol. The standard InChI is InChI=1S/C20H24N6/c1-25(13-19-21-15-7-3-4-8-16(15)22-19)11-12-26(2)14-20-23-17-9-5-6-10-18(17)24-20/h3-10H,11-14H2,1-2H3,(H,21,22)(H,23,24). The highest BCUT2D eigenvalue weighted by Gasteiger charge is 2.09. The molecule has 0 spiro atoms. The first kappa shape index (κ1) is 16.8. The van der Waals surface area contributed by atoms with E-state index < -0.39 is 0 Å². The third-order valence-corrected chi connectivity index (χ3v) is 4.58. The lowest BCUT2D eigenvalue weighted by Crippen LogP contribution is -2.30. The van der Waals surface area contributed by atoms with Gasteiger partial charge in [-0.1, -0.05) is 24.3 Å². The molecule has 0 aliphatic heterocycles. The van der Waals surface area contributed by atoms with Crippen molar-refractivity contribution in [2.45, 2.75) is 13.1 Å². The molecule has 2 aromatic carbocycles. The van der Waals surface area contributed by atoms with Crippen molar-refractivity contribution in [2.75, 3.05) is 27.2 Å². The van der Waals surface area contributed by atoms with Crippen LogP contribution in [0, 0.1) is 0 Å². The summed E-state index contributed by atoms with van der Waals surface area (Å²) in [5, 5.41) is 0. The predicted octanol–water partition coefficient (Wildman–Crippen LogP) is 3.00. The fourth-order valence-electron chi connectivity index (χ4n) is 3.17. The van der Waals surface area contributed by atoms with E-state index in [4.69, 9.17) is 0 Å². The average molecular weight is 348 g/mol. The highest BCUT2D eigenvalue weighted by atomic mass is 15.2. The summed E-state index contributed by atoms with van der Waals surface area (Å²) in [4.78, 5) is 20.6. The Kier molecular flexibility index (Phi) is 4.69. The van der Waals surface area contributed by atoms with Crippen LogP contribution in [-0.2, 0) is 13.1 Å². The molecule has 0 aliphatic rings. The van der Waals surface area contributed by atoms with Gasteiger partial charge in [-0.15, -0.1) is 0 Å². The van der Waals surface area contributed by atoms with E-state index in [0.717, 1.165) is 59.9 Å². The molecule has 0 unspecified atom stereocenters. The Bertz CT molecular complexity index is 854. The molecule has 0 aliphatic carbocycles. The van der Waals surface area contributed by atoms with Crippen LogP contribution >= 0.6 is 0 Å². The number of likely N-dealkylation sites (N-methyl/N-ethyl adjacent to an activating group) is 2. The molecule has 6 heteroatoms. The van der Waals surface area contributed by atoms with E-state index in [2.05, 4.69) is 56.0 Å². The largest absolute Gasteiger partial charge is 0.341 e. The molecule has 26 heavy (non-hydrogen) atoms. The van der Waals surface area contributed by atoms with Crippen LogP contribution in [0.4, 0.5) is 0 Å². The molecule has 0 saturated carbocycles. The summed E-state index contributed by atoms with van der Waals surface area (Å²) in [5.41, 5.74) is 4.24. The molecule has 6 nitrogen and oxygen atoms in total. The van der Waals surface area contributed by atoms with E-state index >= 15 is 0 Å². The zero-order chi connectivity index (χ0) is 17.9. The normalized spacial score (nSPS) is 12.0. The van der Waals surface area contributed by atoms with Crippen LogP contribution in [0.5, 0.6) is 0 Å². The van der Waals surface area contributed by atoms with E-state index in [1.54, 1.807) is 0 Å². The van der Waals surface area contributed by atoms with Crippen molar-refractivity contribution in [1.82, 2.24) is 29.7 Å². The molecule has 0 bridgehead atoms. The van der Waals surface area contributed by atoms with Gasteiger partial charge in [0.15, 0.2) is 0 Å². The SMILES string of the molecule is CN(CCN(C)Cc1nc2ccccc2[nH]1)Cc1nc2ccccc2[nH]1. The van der Waals surface area contributed by atoms with Crippen molar-refractivity contribution >= 4 is 22.1 Å². The molecule has 4 rings (SSSR count). The van der Waals surface area contributed by atoms with Gasteiger partial charge in [0.2, 0.25) is 0 Å². The number of para-hydroxylation sites is 4. The number of H-pyrrole nitrogens is 2. The number of nitrogens with one attached hydrogen (secondary N) is 2. The smallest absolute Gasteiger partial charge is 0.121 e. The van der Waals surface area contributed by atoms with Crippen LogP contribution in [0.2, 0.25) is 0 Å².